The van der Waals surface area contributed by atoms with Crippen molar-refractivity contribution < 1.29 is 4.74 Å². The fraction of sp³-hybridized carbons (Fsp3) is 0.600. The lowest BCUT2D eigenvalue weighted by molar-refractivity contribution is 0.168. The highest BCUT2D eigenvalue weighted by atomic mass is 16.5. The fourth-order valence-electron chi connectivity index (χ4n) is 2.84. The van der Waals surface area contributed by atoms with Gasteiger partial charge in [-0.15, -0.1) is 0 Å². The number of nitrogens with zero attached hydrogens (tertiary/aromatic N) is 1. The van der Waals surface area contributed by atoms with E-state index in [2.05, 4.69) is 49.3 Å². The van der Waals surface area contributed by atoms with Gasteiger partial charge in [-0.05, 0) is 57.6 Å². The minimum atomic E-state index is 0.391. The number of ether oxygens (including phenoxy) is 1. The van der Waals surface area contributed by atoms with E-state index in [1.807, 2.05) is 7.05 Å². The Balaban J connectivity index is 2.31. The molecule has 2 rings (SSSR count). The highest BCUT2D eigenvalue weighted by Gasteiger charge is 2.34. The summed E-state index contributed by atoms with van der Waals surface area (Å²) in [6.45, 7) is 4.49. The van der Waals surface area contributed by atoms with Gasteiger partial charge in [0.1, 0.15) is 5.75 Å². The van der Waals surface area contributed by atoms with Crippen LogP contribution in [0.3, 0.4) is 0 Å². The molecule has 3 nitrogen and oxygen atoms in total. The molecule has 0 bridgehead atoms. The maximum Gasteiger partial charge on any atom is 0.119 e. The number of likely N-dealkylation sites (N-methyl/N-ethyl adjacent to an activating group) is 2. The number of methoxy groups -OCH3 is 1. The Morgan fingerprint density at radius 2 is 2.11 bits per heavy atom. The minimum Gasteiger partial charge on any atom is -0.497 e. The topological polar surface area (TPSA) is 24.5 Å². The Labute approximate surface area is 110 Å². The number of fused-ring (bicyclic) bond motifs is 1. The second kappa shape index (κ2) is 5.29. The Morgan fingerprint density at radius 3 is 2.67 bits per heavy atom. The van der Waals surface area contributed by atoms with Crippen LogP contribution in [-0.2, 0) is 6.42 Å². The molecule has 0 saturated carbocycles. The van der Waals surface area contributed by atoms with Crippen molar-refractivity contribution in [3.63, 3.8) is 0 Å². The lowest BCUT2D eigenvalue weighted by Gasteiger charge is -2.32. The molecule has 1 aliphatic carbocycles. The zero-order valence-corrected chi connectivity index (χ0v) is 12.0. The number of nitrogens with one attached hydrogen (secondary N) is 1. The van der Waals surface area contributed by atoms with Crippen LogP contribution >= 0.6 is 0 Å². The number of hydrogen-bond acceptors (Lipinski definition) is 3. The van der Waals surface area contributed by atoms with Gasteiger partial charge in [0.2, 0.25) is 0 Å². The summed E-state index contributed by atoms with van der Waals surface area (Å²) in [5.74, 6) is 0.946. The Kier molecular flexibility index (Phi) is 3.93. The number of benzene rings is 1. The van der Waals surface area contributed by atoms with Gasteiger partial charge in [0, 0.05) is 18.1 Å². The van der Waals surface area contributed by atoms with E-state index in [9.17, 15) is 0 Å². The first-order chi connectivity index (χ1) is 8.58. The SMILES string of the molecule is CNC1c2cc(OC)ccc2CC1N(C)C(C)C. The van der Waals surface area contributed by atoms with Crippen molar-refractivity contribution in [1.29, 1.82) is 0 Å². The van der Waals surface area contributed by atoms with Crippen molar-refractivity contribution in [1.82, 2.24) is 10.2 Å². The summed E-state index contributed by atoms with van der Waals surface area (Å²) < 4.78 is 5.33. The van der Waals surface area contributed by atoms with Gasteiger partial charge < -0.3 is 10.1 Å². The average molecular weight is 248 g/mol. The smallest absolute Gasteiger partial charge is 0.119 e. The van der Waals surface area contributed by atoms with E-state index < -0.39 is 0 Å². The molecule has 1 N–H and O–H groups in total. The first-order valence-corrected chi connectivity index (χ1v) is 6.64. The average Bonchev–Trinajstić information content (AvgIpc) is 2.74. The molecule has 2 atom stereocenters. The zero-order chi connectivity index (χ0) is 13.3. The third kappa shape index (κ3) is 2.25. The van der Waals surface area contributed by atoms with E-state index in [1.54, 1.807) is 7.11 Å². The molecule has 100 valence electrons. The molecule has 0 amide bonds. The van der Waals surface area contributed by atoms with E-state index in [4.69, 9.17) is 4.74 Å². The van der Waals surface area contributed by atoms with Gasteiger partial charge in [0.15, 0.2) is 0 Å². The van der Waals surface area contributed by atoms with Gasteiger partial charge in [0.25, 0.3) is 0 Å². The van der Waals surface area contributed by atoms with Crippen LogP contribution in [0.5, 0.6) is 5.75 Å². The second-order valence-electron chi connectivity index (χ2n) is 5.36. The van der Waals surface area contributed by atoms with Crippen molar-refractivity contribution in [3.05, 3.63) is 29.3 Å². The summed E-state index contributed by atoms with van der Waals surface area (Å²) in [5.41, 5.74) is 2.82. The predicted octanol–water partition coefficient (Wildman–Crippen LogP) is 2.22. The van der Waals surface area contributed by atoms with Crippen molar-refractivity contribution in [2.45, 2.75) is 38.4 Å². The predicted molar refractivity (Wildman–Crippen MR) is 75.2 cm³/mol. The monoisotopic (exact) mass is 248 g/mol. The molecular formula is C15H24N2O. The third-order valence-electron chi connectivity index (χ3n) is 4.15. The zero-order valence-electron chi connectivity index (χ0n) is 12.0. The molecule has 0 spiro atoms. The Morgan fingerprint density at radius 1 is 1.39 bits per heavy atom. The Hall–Kier alpha value is -1.06. The third-order valence-corrected chi connectivity index (χ3v) is 4.15. The number of hydrogen-bond donors (Lipinski definition) is 1. The molecule has 0 radical (unpaired) electrons. The summed E-state index contributed by atoms with van der Waals surface area (Å²) in [5, 5.41) is 3.46. The summed E-state index contributed by atoms with van der Waals surface area (Å²) in [7, 11) is 5.98. The van der Waals surface area contributed by atoms with Gasteiger partial charge in [-0.25, -0.2) is 0 Å². The molecule has 2 unspecified atom stereocenters. The van der Waals surface area contributed by atoms with E-state index in [1.165, 1.54) is 11.1 Å². The number of rotatable bonds is 4. The van der Waals surface area contributed by atoms with Gasteiger partial charge in [-0.1, -0.05) is 6.07 Å². The van der Waals surface area contributed by atoms with Gasteiger partial charge in [-0.3, -0.25) is 4.90 Å². The minimum absolute atomic E-state index is 0.391. The first-order valence-electron chi connectivity index (χ1n) is 6.64. The van der Waals surface area contributed by atoms with Crippen LogP contribution in [0.2, 0.25) is 0 Å². The Bertz CT molecular complexity index is 417. The van der Waals surface area contributed by atoms with Crippen LogP contribution in [0, 0.1) is 0 Å². The molecule has 3 heteroatoms. The second-order valence-corrected chi connectivity index (χ2v) is 5.36. The van der Waals surface area contributed by atoms with Gasteiger partial charge >= 0.3 is 0 Å². The van der Waals surface area contributed by atoms with Crippen LogP contribution < -0.4 is 10.1 Å². The fourth-order valence-corrected chi connectivity index (χ4v) is 2.84. The highest BCUT2D eigenvalue weighted by Crippen LogP contribution is 2.36. The van der Waals surface area contributed by atoms with E-state index >= 15 is 0 Å². The molecule has 1 aromatic rings. The van der Waals surface area contributed by atoms with Crippen molar-refractivity contribution in [3.8, 4) is 5.75 Å². The summed E-state index contributed by atoms with van der Waals surface area (Å²) in [6, 6.07) is 7.90. The quantitative estimate of drug-likeness (QED) is 0.884. The normalized spacial score (nSPS) is 22.6. The van der Waals surface area contributed by atoms with E-state index in [0.717, 1.165) is 12.2 Å². The molecule has 0 aliphatic heterocycles. The highest BCUT2D eigenvalue weighted by molar-refractivity contribution is 5.42. The molecular weight excluding hydrogens is 224 g/mol. The summed E-state index contributed by atoms with van der Waals surface area (Å²) >= 11 is 0. The maximum absolute atomic E-state index is 5.33. The van der Waals surface area contributed by atoms with Crippen LogP contribution in [0.15, 0.2) is 18.2 Å². The van der Waals surface area contributed by atoms with Crippen LogP contribution in [0.25, 0.3) is 0 Å². The van der Waals surface area contributed by atoms with Crippen LogP contribution in [-0.4, -0.2) is 38.2 Å². The maximum atomic E-state index is 5.33. The van der Waals surface area contributed by atoms with E-state index in [0.29, 0.717) is 18.1 Å². The molecule has 1 aliphatic rings. The molecule has 0 heterocycles. The van der Waals surface area contributed by atoms with Crippen molar-refractivity contribution in [2.75, 3.05) is 21.2 Å². The summed E-state index contributed by atoms with van der Waals surface area (Å²) in [6.07, 6.45) is 1.11. The van der Waals surface area contributed by atoms with Gasteiger partial charge in [0.05, 0.1) is 7.11 Å². The standard InChI is InChI=1S/C15H24N2O/c1-10(2)17(4)14-8-11-6-7-12(18-5)9-13(11)15(14)16-3/h6-7,9-10,14-16H,8H2,1-5H3. The van der Waals surface area contributed by atoms with Crippen molar-refractivity contribution in [2.24, 2.45) is 0 Å². The molecule has 0 saturated heterocycles. The van der Waals surface area contributed by atoms with Gasteiger partial charge in [-0.2, -0.15) is 0 Å². The lowest BCUT2D eigenvalue weighted by Crippen LogP contribution is -2.43. The molecule has 1 aromatic carbocycles. The molecule has 18 heavy (non-hydrogen) atoms. The summed E-state index contributed by atoms with van der Waals surface area (Å²) in [4.78, 5) is 2.45. The van der Waals surface area contributed by atoms with Crippen molar-refractivity contribution >= 4 is 0 Å². The molecule has 0 fully saturated rings. The largest absolute Gasteiger partial charge is 0.497 e. The first kappa shape index (κ1) is 13.4. The van der Waals surface area contributed by atoms with Crippen LogP contribution in [0.1, 0.15) is 31.0 Å². The van der Waals surface area contributed by atoms with Crippen LogP contribution in [0.4, 0.5) is 0 Å². The van der Waals surface area contributed by atoms with E-state index in [-0.39, 0.29) is 0 Å². The lowest BCUT2D eigenvalue weighted by atomic mass is 10.1. The molecule has 0 aromatic heterocycles.